The van der Waals surface area contributed by atoms with Gasteiger partial charge in [0.25, 0.3) is 0 Å². The summed E-state index contributed by atoms with van der Waals surface area (Å²) >= 11 is 6.76. The molecule has 0 amide bonds. The Balaban J connectivity index is 2.40. The molecule has 2 heterocycles. The molecule has 1 atom stereocenters. The minimum absolute atomic E-state index is 0.496. The Labute approximate surface area is 106 Å². The Kier molecular flexibility index (Phi) is 3.30. The van der Waals surface area contributed by atoms with E-state index < -0.39 is 6.10 Å². The predicted octanol–water partition coefficient (Wildman–Crippen LogP) is 4.27. The highest BCUT2D eigenvalue weighted by Crippen LogP contribution is 2.36. The Morgan fingerprint density at radius 1 is 1.40 bits per heavy atom. The van der Waals surface area contributed by atoms with E-state index in [-0.39, 0.29) is 0 Å². The molecule has 0 saturated heterocycles. The van der Waals surface area contributed by atoms with E-state index in [0.717, 1.165) is 14.9 Å². The van der Waals surface area contributed by atoms with E-state index in [1.54, 1.807) is 22.7 Å². The largest absolute Gasteiger partial charge is 0.383 e. The molecular formula is C11H11BrOS2. The van der Waals surface area contributed by atoms with E-state index in [1.807, 2.05) is 11.4 Å². The predicted molar refractivity (Wildman–Crippen MR) is 69.9 cm³/mol. The van der Waals surface area contributed by atoms with Crippen molar-refractivity contribution in [1.29, 1.82) is 0 Å². The van der Waals surface area contributed by atoms with Gasteiger partial charge in [-0.2, -0.15) is 0 Å². The number of aliphatic hydroxyl groups excluding tert-OH is 1. The third-order valence-electron chi connectivity index (χ3n) is 2.27. The van der Waals surface area contributed by atoms with Crippen molar-refractivity contribution in [3.8, 4) is 0 Å². The summed E-state index contributed by atoms with van der Waals surface area (Å²) < 4.78 is 0.989. The van der Waals surface area contributed by atoms with Crippen LogP contribution in [-0.4, -0.2) is 5.11 Å². The number of rotatable bonds is 2. The highest BCUT2D eigenvalue weighted by Gasteiger charge is 2.18. The molecule has 2 aromatic heterocycles. The summed E-state index contributed by atoms with van der Waals surface area (Å²) in [6, 6.07) is 4.04. The lowest BCUT2D eigenvalue weighted by Gasteiger charge is -2.08. The molecular weight excluding hydrogens is 292 g/mol. The number of aryl methyl sites for hydroxylation is 2. The van der Waals surface area contributed by atoms with Crippen molar-refractivity contribution in [2.45, 2.75) is 20.0 Å². The Bertz CT molecular complexity index is 473. The standard InChI is InChI=1S/C11H11BrOS2/c1-6-5-8(7(2)15-6)10(13)11-9(12)3-4-14-11/h3-5,10,13H,1-2H3. The van der Waals surface area contributed by atoms with Gasteiger partial charge in [-0.05, 0) is 52.9 Å². The minimum Gasteiger partial charge on any atom is -0.383 e. The maximum Gasteiger partial charge on any atom is 0.115 e. The minimum atomic E-state index is -0.496. The Morgan fingerprint density at radius 3 is 2.60 bits per heavy atom. The average Bonchev–Trinajstić information content (AvgIpc) is 2.71. The number of thiophene rings is 2. The number of hydrogen-bond acceptors (Lipinski definition) is 3. The van der Waals surface area contributed by atoms with E-state index >= 15 is 0 Å². The van der Waals surface area contributed by atoms with Gasteiger partial charge in [0.15, 0.2) is 0 Å². The lowest BCUT2D eigenvalue weighted by molar-refractivity contribution is 0.223. The monoisotopic (exact) mass is 302 g/mol. The quantitative estimate of drug-likeness (QED) is 0.878. The first-order valence-corrected chi connectivity index (χ1v) is 7.06. The van der Waals surface area contributed by atoms with Gasteiger partial charge in [0.05, 0.1) is 4.88 Å². The van der Waals surface area contributed by atoms with Crippen LogP contribution in [0.4, 0.5) is 0 Å². The van der Waals surface area contributed by atoms with Gasteiger partial charge in [-0.15, -0.1) is 22.7 Å². The van der Waals surface area contributed by atoms with Crippen molar-refractivity contribution >= 4 is 38.6 Å². The summed E-state index contributed by atoms with van der Waals surface area (Å²) in [4.78, 5) is 3.42. The third kappa shape index (κ3) is 2.18. The fraction of sp³-hybridized carbons (Fsp3) is 0.273. The summed E-state index contributed by atoms with van der Waals surface area (Å²) in [6.07, 6.45) is -0.496. The molecule has 1 unspecified atom stereocenters. The van der Waals surface area contributed by atoms with Crippen molar-refractivity contribution in [3.63, 3.8) is 0 Å². The summed E-state index contributed by atoms with van der Waals surface area (Å²) in [5.74, 6) is 0. The van der Waals surface area contributed by atoms with Crippen LogP contribution < -0.4 is 0 Å². The molecule has 0 aromatic carbocycles. The zero-order valence-corrected chi connectivity index (χ0v) is 11.7. The smallest absolute Gasteiger partial charge is 0.115 e. The fourth-order valence-electron chi connectivity index (χ4n) is 1.56. The molecule has 0 aliphatic rings. The molecule has 80 valence electrons. The molecule has 1 nitrogen and oxygen atoms in total. The summed E-state index contributed by atoms with van der Waals surface area (Å²) in [7, 11) is 0. The van der Waals surface area contributed by atoms with Gasteiger partial charge in [-0.25, -0.2) is 0 Å². The molecule has 0 bridgehead atoms. The summed E-state index contributed by atoms with van der Waals surface area (Å²) in [5, 5.41) is 12.2. The van der Waals surface area contributed by atoms with Crippen molar-refractivity contribution in [3.05, 3.63) is 42.2 Å². The maximum atomic E-state index is 10.2. The van der Waals surface area contributed by atoms with Crippen molar-refractivity contribution in [1.82, 2.24) is 0 Å². The average molecular weight is 303 g/mol. The number of aliphatic hydroxyl groups is 1. The van der Waals surface area contributed by atoms with Crippen LogP contribution in [0.3, 0.4) is 0 Å². The molecule has 2 rings (SSSR count). The van der Waals surface area contributed by atoms with Crippen LogP contribution in [0.2, 0.25) is 0 Å². The van der Waals surface area contributed by atoms with Crippen LogP contribution in [0.1, 0.15) is 26.3 Å². The third-order valence-corrected chi connectivity index (χ3v) is 5.17. The van der Waals surface area contributed by atoms with Gasteiger partial charge < -0.3 is 5.11 Å². The lowest BCUT2D eigenvalue weighted by atomic mass is 10.1. The van der Waals surface area contributed by atoms with E-state index in [9.17, 15) is 5.11 Å². The van der Waals surface area contributed by atoms with Crippen LogP contribution in [0, 0.1) is 13.8 Å². The number of halogens is 1. The van der Waals surface area contributed by atoms with Gasteiger partial charge in [0, 0.05) is 14.2 Å². The van der Waals surface area contributed by atoms with Crippen LogP contribution in [0.5, 0.6) is 0 Å². The fourth-order valence-corrected chi connectivity index (χ4v) is 4.11. The highest BCUT2D eigenvalue weighted by molar-refractivity contribution is 9.10. The normalized spacial score (nSPS) is 13.1. The summed E-state index contributed by atoms with van der Waals surface area (Å²) in [5.41, 5.74) is 1.03. The highest BCUT2D eigenvalue weighted by atomic mass is 79.9. The molecule has 2 aromatic rings. The van der Waals surface area contributed by atoms with Crippen LogP contribution in [0.25, 0.3) is 0 Å². The summed E-state index contributed by atoms with van der Waals surface area (Å²) in [6.45, 7) is 4.12. The van der Waals surface area contributed by atoms with Gasteiger partial charge in [0.2, 0.25) is 0 Å². The van der Waals surface area contributed by atoms with E-state index in [1.165, 1.54) is 9.75 Å². The van der Waals surface area contributed by atoms with Gasteiger partial charge in [0.1, 0.15) is 6.10 Å². The first-order valence-electron chi connectivity index (χ1n) is 4.57. The van der Waals surface area contributed by atoms with Crippen molar-refractivity contribution in [2.75, 3.05) is 0 Å². The van der Waals surface area contributed by atoms with Crippen LogP contribution in [0.15, 0.2) is 22.0 Å². The second-order valence-electron chi connectivity index (χ2n) is 3.40. The topological polar surface area (TPSA) is 20.2 Å². The van der Waals surface area contributed by atoms with E-state index in [0.29, 0.717) is 0 Å². The second-order valence-corrected chi connectivity index (χ2v) is 6.67. The van der Waals surface area contributed by atoms with Gasteiger partial charge in [-0.3, -0.25) is 0 Å². The van der Waals surface area contributed by atoms with Crippen LogP contribution in [-0.2, 0) is 0 Å². The van der Waals surface area contributed by atoms with Crippen molar-refractivity contribution in [2.24, 2.45) is 0 Å². The first-order chi connectivity index (χ1) is 7.09. The second kappa shape index (κ2) is 4.37. The molecule has 0 aliphatic heterocycles. The molecule has 0 spiro atoms. The van der Waals surface area contributed by atoms with Crippen molar-refractivity contribution < 1.29 is 5.11 Å². The molecule has 0 fully saturated rings. The first kappa shape index (κ1) is 11.3. The van der Waals surface area contributed by atoms with Gasteiger partial charge >= 0.3 is 0 Å². The molecule has 15 heavy (non-hydrogen) atoms. The maximum absolute atomic E-state index is 10.2. The SMILES string of the molecule is Cc1cc(C(O)c2sccc2Br)c(C)s1. The molecule has 0 radical (unpaired) electrons. The van der Waals surface area contributed by atoms with Gasteiger partial charge in [-0.1, -0.05) is 0 Å². The Morgan fingerprint density at radius 2 is 2.13 bits per heavy atom. The van der Waals surface area contributed by atoms with E-state index in [2.05, 4.69) is 35.8 Å². The zero-order chi connectivity index (χ0) is 11.0. The molecule has 0 saturated carbocycles. The number of hydrogen-bond donors (Lipinski definition) is 1. The van der Waals surface area contributed by atoms with E-state index in [4.69, 9.17) is 0 Å². The Hall–Kier alpha value is -0.160. The molecule has 4 heteroatoms. The lowest BCUT2D eigenvalue weighted by Crippen LogP contribution is -1.97. The molecule has 0 aliphatic carbocycles. The van der Waals surface area contributed by atoms with Crippen LogP contribution >= 0.6 is 38.6 Å². The zero-order valence-electron chi connectivity index (χ0n) is 8.45. The molecule has 1 N–H and O–H groups in total.